The van der Waals surface area contributed by atoms with E-state index < -0.39 is 0 Å². The molecule has 4 aromatic carbocycles. The van der Waals surface area contributed by atoms with E-state index in [1.54, 1.807) is 6.98 Å². The summed E-state index contributed by atoms with van der Waals surface area (Å²) in [6.45, 7) is 2.30. The Morgan fingerprint density at radius 2 is 1.22 bits per heavy atom. The predicted molar refractivity (Wildman–Crippen MR) is 162 cm³/mol. The van der Waals surface area contributed by atoms with Gasteiger partial charge in [-0.25, -0.2) is 0 Å². The third-order valence-electron chi connectivity index (χ3n) is 7.45. The number of fused-ring (bicyclic) bond motifs is 4. The van der Waals surface area contributed by atoms with Gasteiger partial charge in [-0.1, -0.05) is 0 Å². The number of unbranched alkanes of at least 4 members (excludes halogenated alkanes) is 7. The van der Waals surface area contributed by atoms with E-state index >= 15 is 0 Å². The van der Waals surface area contributed by atoms with Crippen molar-refractivity contribution in [2.45, 2.75) is 64.7 Å². The van der Waals surface area contributed by atoms with Crippen LogP contribution in [0.1, 0.15) is 61.9 Å². The van der Waals surface area contributed by atoms with Crippen molar-refractivity contribution in [3.63, 3.8) is 0 Å². The number of aryl methyl sites for hydroxylation is 1. The van der Waals surface area contributed by atoms with Gasteiger partial charge in [-0.2, -0.15) is 0 Å². The molecule has 0 unspecified atom stereocenters. The van der Waals surface area contributed by atoms with Crippen LogP contribution in [0, 0.1) is 0 Å². The van der Waals surface area contributed by atoms with E-state index in [9.17, 15) is 0 Å². The van der Waals surface area contributed by atoms with Crippen molar-refractivity contribution in [3.8, 4) is 10.0 Å². The van der Waals surface area contributed by atoms with Gasteiger partial charge in [-0.15, -0.1) is 0 Å². The SMILES string of the molecule is CCCCCCCCCCc1cc2cc3cc4cc5cc(-c6ccccc6)[se]c5cc4cc3cc2[te]1. The first-order chi connectivity index (χ1) is 17.8. The molecule has 0 aliphatic heterocycles. The average molecular weight is 649 g/mol. The third kappa shape index (κ3) is 5.39. The zero-order valence-electron chi connectivity index (χ0n) is 21.2. The minimum atomic E-state index is -0.183. The topological polar surface area (TPSA) is 0 Å². The molecule has 2 aromatic heterocycles. The molecular formula is C34H34SeTe. The number of hydrogen-bond acceptors (Lipinski definition) is 0. The van der Waals surface area contributed by atoms with Crippen LogP contribution in [0.5, 0.6) is 0 Å². The Bertz CT molecular complexity index is 1530. The molecule has 0 spiro atoms. The Labute approximate surface area is 230 Å². The molecule has 182 valence electrons. The van der Waals surface area contributed by atoms with Crippen molar-refractivity contribution in [3.05, 3.63) is 82.4 Å². The van der Waals surface area contributed by atoms with Gasteiger partial charge in [-0.3, -0.25) is 0 Å². The van der Waals surface area contributed by atoms with Gasteiger partial charge in [0.15, 0.2) is 0 Å². The molecule has 0 radical (unpaired) electrons. The van der Waals surface area contributed by atoms with Crippen LogP contribution in [0.2, 0.25) is 0 Å². The molecule has 0 fully saturated rings. The van der Waals surface area contributed by atoms with Crippen LogP contribution in [0.25, 0.3) is 50.0 Å². The van der Waals surface area contributed by atoms with Crippen LogP contribution in [0.4, 0.5) is 0 Å². The molecular weight excluding hydrogens is 615 g/mol. The number of rotatable bonds is 10. The summed E-state index contributed by atoms with van der Waals surface area (Å²) in [5, 5.41) is 8.52. The molecule has 0 atom stereocenters. The van der Waals surface area contributed by atoms with Crippen molar-refractivity contribution in [1.29, 1.82) is 0 Å². The zero-order valence-corrected chi connectivity index (χ0v) is 25.2. The molecule has 0 saturated carbocycles. The van der Waals surface area contributed by atoms with Crippen LogP contribution in [0.3, 0.4) is 0 Å². The van der Waals surface area contributed by atoms with Crippen molar-refractivity contribution in [1.82, 2.24) is 0 Å². The summed E-state index contributed by atoms with van der Waals surface area (Å²) >= 11 is 0.204. The summed E-state index contributed by atoms with van der Waals surface area (Å²) in [5.41, 5.74) is 1.37. The summed E-state index contributed by atoms with van der Waals surface area (Å²) in [4.78, 5) is 0. The molecule has 2 heterocycles. The fraction of sp³-hybridized carbons (Fsp3) is 0.294. The van der Waals surface area contributed by atoms with Crippen LogP contribution in [-0.4, -0.2) is 34.9 Å². The normalized spacial score (nSPS) is 11.9. The predicted octanol–water partition coefficient (Wildman–Crippen LogP) is 9.76. The summed E-state index contributed by atoms with van der Waals surface area (Å²) in [7, 11) is 0. The van der Waals surface area contributed by atoms with Gasteiger partial charge in [0.1, 0.15) is 0 Å². The van der Waals surface area contributed by atoms with Gasteiger partial charge in [0.2, 0.25) is 0 Å². The third-order valence-corrected chi connectivity index (χ3v) is 13.2. The molecule has 0 aliphatic carbocycles. The molecule has 0 nitrogen and oxygen atoms in total. The van der Waals surface area contributed by atoms with E-state index in [0.29, 0.717) is 14.5 Å². The van der Waals surface area contributed by atoms with Gasteiger partial charge in [-0.05, 0) is 0 Å². The molecule has 0 bridgehead atoms. The van der Waals surface area contributed by atoms with Gasteiger partial charge < -0.3 is 0 Å². The molecule has 0 saturated heterocycles. The first kappa shape index (κ1) is 24.5. The van der Waals surface area contributed by atoms with Crippen LogP contribution in [-0.2, 0) is 6.42 Å². The van der Waals surface area contributed by atoms with Crippen molar-refractivity contribution in [2.24, 2.45) is 0 Å². The molecule has 2 heteroatoms. The fourth-order valence-corrected chi connectivity index (χ4v) is 11.0. The minimum absolute atomic E-state index is 0.183. The van der Waals surface area contributed by atoms with E-state index in [2.05, 4.69) is 85.8 Å². The molecule has 6 rings (SSSR count). The molecule has 0 N–H and O–H groups in total. The van der Waals surface area contributed by atoms with E-state index in [-0.39, 0.29) is 20.4 Å². The van der Waals surface area contributed by atoms with Crippen molar-refractivity contribution in [2.75, 3.05) is 0 Å². The van der Waals surface area contributed by atoms with E-state index in [4.69, 9.17) is 0 Å². The van der Waals surface area contributed by atoms with Gasteiger partial charge in [0, 0.05) is 0 Å². The van der Waals surface area contributed by atoms with Crippen molar-refractivity contribution < 1.29 is 0 Å². The Balaban J connectivity index is 1.22. The number of hydrogen-bond donors (Lipinski definition) is 0. The van der Waals surface area contributed by atoms with E-state index in [1.807, 2.05) is 0 Å². The number of benzene rings is 4. The first-order valence-electron chi connectivity index (χ1n) is 13.7. The van der Waals surface area contributed by atoms with Crippen LogP contribution in [0.15, 0.2) is 78.9 Å². The standard InChI is InChI=1S/C34H34SeTe/c1-2-3-4-5-6-7-8-12-15-31-20-30-19-26-16-25-18-29-22-32(24-13-10-9-11-14-24)35-33(29)21-27(25)17-28(26)23-34(30)36-31/h9-11,13-14,16-23H,2-8,12,15H2,1H3. The molecule has 6 aromatic rings. The Morgan fingerprint density at radius 1 is 0.583 bits per heavy atom. The summed E-state index contributed by atoms with van der Waals surface area (Å²) in [5.74, 6) is 0. The van der Waals surface area contributed by atoms with Gasteiger partial charge in [0.05, 0.1) is 0 Å². The fourth-order valence-electron chi connectivity index (χ4n) is 5.43. The summed E-state index contributed by atoms with van der Waals surface area (Å²) < 4.78 is 6.44. The summed E-state index contributed by atoms with van der Waals surface area (Å²) in [6, 6.07) is 30.6. The zero-order chi connectivity index (χ0) is 24.3. The maximum absolute atomic E-state index is 2.54. The Morgan fingerprint density at radius 3 is 2.00 bits per heavy atom. The summed E-state index contributed by atoms with van der Waals surface area (Å²) in [6.07, 6.45) is 12.6. The molecule has 0 amide bonds. The second-order valence-electron chi connectivity index (χ2n) is 10.2. The Kier molecular flexibility index (Phi) is 7.69. The monoisotopic (exact) mass is 652 g/mol. The van der Waals surface area contributed by atoms with Gasteiger partial charge >= 0.3 is 232 Å². The molecule has 36 heavy (non-hydrogen) atoms. The van der Waals surface area contributed by atoms with E-state index in [0.717, 1.165) is 0 Å². The maximum atomic E-state index is 2.54. The molecule has 0 aliphatic rings. The van der Waals surface area contributed by atoms with Crippen LogP contribution < -0.4 is 0 Å². The first-order valence-corrected chi connectivity index (χ1v) is 17.7. The second kappa shape index (κ2) is 11.3. The average Bonchev–Trinajstić information content (AvgIpc) is 3.49. The second-order valence-corrected chi connectivity index (χ2v) is 15.8. The van der Waals surface area contributed by atoms with Gasteiger partial charge in [0.25, 0.3) is 0 Å². The van der Waals surface area contributed by atoms with E-state index in [1.165, 1.54) is 104 Å². The van der Waals surface area contributed by atoms with Crippen molar-refractivity contribution >= 4 is 74.9 Å². The quantitative estimate of drug-likeness (QED) is 0.0788. The van der Waals surface area contributed by atoms with Crippen LogP contribution >= 0.6 is 0 Å². The Hall–Kier alpha value is -1.81.